The average Bonchev–Trinajstić information content (AvgIpc) is 3.04. The van der Waals surface area contributed by atoms with Crippen LogP contribution in [0.2, 0.25) is 0 Å². The Morgan fingerprint density at radius 1 is 0.933 bits per heavy atom. The van der Waals surface area contributed by atoms with Crippen LogP contribution in [-0.4, -0.2) is 60.9 Å². The maximum Gasteiger partial charge on any atom is 0.573 e. The molecular formula is C33H37F3N6O3. The number of nitrogens with one attached hydrogen (secondary N) is 2. The van der Waals surface area contributed by atoms with Crippen molar-refractivity contribution in [2.24, 2.45) is 4.99 Å². The molecule has 1 aliphatic carbocycles. The van der Waals surface area contributed by atoms with Crippen molar-refractivity contribution in [3.63, 3.8) is 0 Å². The summed E-state index contributed by atoms with van der Waals surface area (Å²) in [7, 11) is 1.55. The number of anilines is 2. The molecule has 2 heterocycles. The van der Waals surface area contributed by atoms with E-state index in [0.717, 1.165) is 11.2 Å². The van der Waals surface area contributed by atoms with Crippen LogP contribution in [0.25, 0.3) is 28.1 Å². The minimum absolute atomic E-state index is 0.302. The smallest absolute Gasteiger partial charge is 0.480 e. The zero-order valence-corrected chi connectivity index (χ0v) is 25.7. The number of methoxy groups -OCH3 is 1. The average molecular weight is 623 g/mol. The fraction of sp³-hybridized carbons (Fsp3) is 0.303. The second kappa shape index (κ2) is 15.9. The van der Waals surface area contributed by atoms with Gasteiger partial charge in [-0.25, -0.2) is 9.97 Å². The Labute approximate surface area is 260 Å². The maximum atomic E-state index is 12.8. The first-order valence-corrected chi connectivity index (χ1v) is 14.7. The maximum absolute atomic E-state index is 12.8. The van der Waals surface area contributed by atoms with Crippen LogP contribution in [0.5, 0.6) is 11.6 Å². The number of para-hydroxylation sites is 2. The molecule has 45 heavy (non-hydrogen) atoms. The second-order valence-electron chi connectivity index (χ2n) is 9.35. The number of hydrogen-bond acceptors (Lipinski definition) is 8. The minimum atomic E-state index is -4.78. The summed E-state index contributed by atoms with van der Waals surface area (Å²) in [5.41, 5.74) is 4.83. The van der Waals surface area contributed by atoms with Gasteiger partial charge in [0.25, 0.3) is 0 Å². The third-order valence-electron chi connectivity index (χ3n) is 6.46. The number of aromatic nitrogens is 3. The zero-order chi connectivity index (χ0) is 32.2. The van der Waals surface area contributed by atoms with Gasteiger partial charge in [-0.15, -0.1) is 13.2 Å². The molecule has 238 valence electrons. The number of rotatable bonds is 12. The first-order chi connectivity index (χ1) is 21.9. The van der Waals surface area contributed by atoms with Crippen LogP contribution in [0, 0.1) is 0 Å². The number of benzene rings is 3. The molecule has 0 saturated heterocycles. The van der Waals surface area contributed by atoms with Gasteiger partial charge in [-0.3, -0.25) is 4.99 Å². The molecule has 12 heteroatoms. The number of hydrogen-bond donors (Lipinski definition) is 2. The van der Waals surface area contributed by atoms with Gasteiger partial charge < -0.3 is 29.4 Å². The lowest BCUT2D eigenvalue weighted by Crippen LogP contribution is -2.24. The minimum Gasteiger partial charge on any atom is -0.480 e. The van der Waals surface area contributed by atoms with Crippen molar-refractivity contribution in [1.82, 2.24) is 19.9 Å². The van der Waals surface area contributed by atoms with E-state index in [4.69, 9.17) is 19.5 Å². The van der Waals surface area contributed by atoms with E-state index >= 15 is 0 Å². The van der Waals surface area contributed by atoms with Gasteiger partial charge in [0, 0.05) is 31.6 Å². The van der Waals surface area contributed by atoms with Crippen LogP contribution < -0.4 is 25.5 Å². The highest BCUT2D eigenvalue weighted by molar-refractivity contribution is 5.84. The van der Waals surface area contributed by atoms with Crippen LogP contribution in [-0.2, 0) is 4.74 Å². The quantitative estimate of drug-likeness (QED) is 0.118. The fourth-order valence-corrected chi connectivity index (χ4v) is 4.61. The molecule has 0 amide bonds. The Morgan fingerprint density at radius 2 is 1.71 bits per heavy atom. The van der Waals surface area contributed by atoms with E-state index in [0.29, 0.717) is 72.4 Å². The van der Waals surface area contributed by atoms with Crippen molar-refractivity contribution in [3.05, 3.63) is 84.4 Å². The Kier molecular flexibility index (Phi) is 11.7. The predicted octanol–water partition coefficient (Wildman–Crippen LogP) is 6.73. The van der Waals surface area contributed by atoms with E-state index in [-0.39, 0.29) is 5.75 Å². The van der Waals surface area contributed by atoms with Gasteiger partial charge in [0.05, 0.1) is 53.7 Å². The summed E-state index contributed by atoms with van der Waals surface area (Å²) in [6, 6.07) is 20.8. The van der Waals surface area contributed by atoms with E-state index in [9.17, 15) is 13.2 Å². The van der Waals surface area contributed by atoms with Crippen LogP contribution in [0.4, 0.5) is 24.5 Å². The van der Waals surface area contributed by atoms with Gasteiger partial charge in [0.1, 0.15) is 11.4 Å². The Bertz CT molecular complexity index is 1710. The van der Waals surface area contributed by atoms with Crippen LogP contribution >= 0.6 is 0 Å². The number of fused-ring (bicyclic) bond motifs is 2. The highest BCUT2D eigenvalue weighted by Crippen LogP contribution is 2.32. The summed E-state index contributed by atoms with van der Waals surface area (Å²) in [6.45, 7) is 9.07. The molecule has 0 saturated carbocycles. The van der Waals surface area contributed by atoms with Crippen molar-refractivity contribution in [3.8, 4) is 28.7 Å². The van der Waals surface area contributed by atoms with Crippen molar-refractivity contribution in [2.75, 3.05) is 45.3 Å². The van der Waals surface area contributed by atoms with Crippen LogP contribution in [0.3, 0.4) is 0 Å². The van der Waals surface area contributed by atoms with Gasteiger partial charge >= 0.3 is 6.36 Å². The molecule has 5 rings (SSSR count). The van der Waals surface area contributed by atoms with E-state index in [2.05, 4.69) is 20.4 Å². The van der Waals surface area contributed by atoms with Crippen LogP contribution in [0.1, 0.15) is 20.8 Å². The first kappa shape index (κ1) is 33.2. The molecule has 0 unspecified atom stereocenters. The third kappa shape index (κ3) is 8.70. The lowest BCUT2D eigenvalue weighted by Gasteiger charge is -2.21. The molecule has 0 atom stereocenters. The van der Waals surface area contributed by atoms with Gasteiger partial charge in [-0.2, -0.15) is 0 Å². The fourth-order valence-electron chi connectivity index (χ4n) is 4.61. The summed E-state index contributed by atoms with van der Waals surface area (Å²) in [5, 5.41) is 7.37. The summed E-state index contributed by atoms with van der Waals surface area (Å²) in [4.78, 5) is 14.1. The van der Waals surface area contributed by atoms with E-state index in [1.807, 2.05) is 67.8 Å². The summed E-state index contributed by atoms with van der Waals surface area (Å²) in [5.74, 6) is 0.123. The van der Waals surface area contributed by atoms with Crippen LogP contribution in [0.15, 0.2) is 84.0 Å². The normalized spacial score (nSPS) is 11.8. The van der Waals surface area contributed by atoms with Gasteiger partial charge in [0.15, 0.2) is 0 Å². The molecule has 0 bridgehead atoms. The molecule has 3 aromatic rings. The van der Waals surface area contributed by atoms with E-state index < -0.39 is 6.36 Å². The second-order valence-corrected chi connectivity index (χ2v) is 9.35. The van der Waals surface area contributed by atoms with E-state index in [1.54, 1.807) is 31.5 Å². The monoisotopic (exact) mass is 622 g/mol. The standard InChI is InChI=1S/C31H31F3N6O3.C2H6/c1-3-42-18-17-35-15-16-36-25-20-29-27(19-26(25)39-24-8-6-14-37-30(24)41-2)38-23-7-4-5-9-28(23)40(29)21-10-12-22(13-11-21)43-31(32,33)34;1-2/h4-14,19-20,35,39H,3,15-18H2,1-2H3;1-2H3. The summed E-state index contributed by atoms with van der Waals surface area (Å²) < 4.78 is 55.3. The number of alkyl halides is 3. The third-order valence-corrected chi connectivity index (χ3v) is 6.46. The number of halogens is 3. The Balaban J connectivity index is 0.00000226. The van der Waals surface area contributed by atoms with E-state index in [1.165, 1.54) is 12.1 Å². The van der Waals surface area contributed by atoms with Crippen molar-refractivity contribution < 1.29 is 27.4 Å². The molecule has 1 aliphatic heterocycles. The molecular weight excluding hydrogens is 585 g/mol. The largest absolute Gasteiger partial charge is 0.573 e. The highest BCUT2D eigenvalue weighted by atomic mass is 19.4. The lowest BCUT2D eigenvalue weighted by molar-refractivity contribution is -0.274. The molecule has 0 spiro atoms. The topological polar surface area (TPSA) is 94.8 Å². The van der Waals surface area contributed by atoms with Gasteiger partial charge in [0.2, 0.25) is 5.88 Å². The van der Waals surface area contributed by atoms with Gasteiger partial charge in [-0.05, 0) is 67.6 Å². The van der Waals surface area contributed by atoms with Gasteiger partial charge in [-0.1, -0.05) is 26.0 Å². The first-order valence-electron chi connectivity index (χ1n) is 14.7. The van der Waals surface area contributed by atoms with Crippen molar-refractivity contribution >= 4 is 22.4 Å². The predicted molar refractivity (Wildman–Crippen MR) is 170 cm³/mol. The highest BCUT2D eigenvalue weighted by Gasteiger charge is 2.31. The molecule has 1 aromatic heterocycles. The molecule has 0 fully saturated rings. The van der Waals surface area contributed by atoms with Crippen molar-refractivity contribution in [1.29, 1.82) is 0 Å². The molecule has 0 radical (unpaired) electrons. The molecule has 2 N–H and O–H groups in total. The number of nitrogens with zero attached hydrogens (tertiary/aromatic N) is 4. The summed E-state index contributed by atoms with van der Waals surface area (Å²) >= 11 is 0. The zero-order valence-electron chi connectivity index (χ0n) is 25.7. The lowest BCUT2D eigenvalue weighted by atomic mass is 10.1. The number of ether oxygens (including phenoxy) is 3. The number of pyridine rings is 1. The summed E-state index contributed by atoms with van der Waals surface area (Å²) in [6.07, 6.45) is -3.13. The molecule has 9 nitrogen and oxygen atoms in total. The van der Waals surface area contributed by atoms with Crippen molar-refractivity contribution in [2.45, 2.75) is 27.1 Å². The Morgan fingerprint density at radius 3 is 2.44 bits per heavy atom. The molecule has 2 aromatic carbocycles. The SMILES string of the molecule is CC.CCOCCNCCN=c1cc2n(-c3ccc(OC(F)(F)F)cc3)c3ccccc3nc-2cc1Nc1cccnc1OC. The molecule has 2 aliphatic rings. The Hall–Kier alpha value is -4.68.